The van der Waals surface area contributed by atoms with Crippen LogP contribution in [0.4, 0.5) is 0 Å². The maximum Gasteiger partial charge on any atom is 0.330 e. The van der Waals surface area contributed by atoms with Crippen LogP contribution in [0.1, 0.15) is 103 Å². The topological polar surface area (TPSA) is 123 Å². The van der Waals surface area contributed by atoms with Gasteiger partial charge in [-0.1, -0.05) is 90.4 Å². The molecule has 1 aliphatic heterocycles. The average Bonchev–Trinajstić information content (AvgIpc) is 3.18. The summed E-state index contributed by atoms with van der Waals surface area (Å²) in [6.45, 7) is 3.09. The van der Waals surface area contributed by atoms with Gasteiger partial charge >= 0.3 is 5.69 Å². The molecule has 0 aromatic carbocycles. The van der Waals surface area contributed by atoms with Crippen LogP contribution in [-0.2, 0) is 14.2 Å². The Hall–Kier alpha value is -1.52. The largest absolute Gasteiger partial charge is 0.394 e. The summed E-state index contributed by atoms with van der Waals surface area (Å²) >= 11 is 0. The van der Waals surface area contributed by atoms with E-state index in [2.05, 4.69) is 11.9 Å². The van der Waals surface area contributed by atoms with Gasteiger partial charge in [0.25, 0.3) is 5.56 Å². The maximum atomic E-state index is 12.1. The van der Waals surface area contributed by atoms with Gasteiger partial charge in [0.05, 0.1) is 19.8 Å². The van der Waals surface area contributed by atoms with Crippen LogP contribution in [0.15, 0.2) is 21.9 Å². The Labute approximate surface area is 215 Å². The van der Waals surface area contributed by atoms with Crippen molar-refractivity contribution in [2.75, 3.05) is 26.4 Å². The number of aliphatic hydroxyl groups excluding tert-OH is 2. The summed E-state index contributed by atoms with van der Waals surface area (Å²) in [5.41, 5.74) is -1.19. The third-order valence-electron chi connectivity index (χ3n) is 6.80. The fourth-order valence-corrected chi connectivity index (χ4v) is 4.64. The molecule has 9 heteroatoms. The Morgan fingerprint density at radius 1 is 0.889 bits per heavy atom. The molecule has 9 nitrogen and oxygen atoms in total. The second kappa shape index (κ2) is 18.7. The lowest BCUT2D eigenvalue weighted by molar-refractivity contribution is -0.0845. The van der Waals surface area contributed by atoms with Crippen LogP contribution in [-0.4, -0.2) is 64.5 Å². The lowest BCUT2D eigenvalue weighted by Crippen LogP contribution is -2.39. The van der Waals surface area contributed by atoms with Crippen molar-refractivity contribution in [2.24, 2.45) is 0 Å². The number of aromatic nitrogens is 2. The van der Waals surface area contributed by atoms with Crippen LogP contribution in [0.2, 0.25) is 0 Å². The quantitative estimate of drug-likeness (QED) is 0.215. The number of H-pyrrole nitrogens is 1. The molecule has 2 rings (SSSR count). The zero-order valence-corrected chi connectivity index (χ0v) is 22.1. The summed E-state index contributed by atoms with van der Waals surface area (Å²) in [5, 5.41) is 19.9. The molecule has 1 saturated heterocycles. The van der Waals surface area contributed by atoms with Crippen LogP contribution < -0.4 is 11.2 Å². The van der Waals surface area contributed by atoms with Gasteiger partial charge in [-0.2, -0.15) is 0 Å². The first kappa shape index (κ1) is 30.7. The Balaban J connectivity index is 1.49. The molecule has 36 heavy (non-hydrogen) atoms. The molecule has 0 radical (unpaired) electrons. The first-order valence-electron chi connectivity index (χ1n) is 14.0. The standard InChI is InChI=1S/C27H48N2O7/c1-2-3-4-5-6-7-8-9-10-11-12-13-14-15-18-34-19-20-35-25-24(32)22(21-30)36-26(25)29-17-16-23(31)28-27(29)33/h16-17,22,24-26,30,32H,2-15,18-21H2,1H3,(H,28,31,33)/t22-,24-,25-,26-/m1/s1. The van der Waals surface area contributed by atoms with Crippen molar-refractivity contribution < 1.29 is 24.4 Å². The molecule has 0 amide bonds. The molecule has 0 aliphatic carbocycles. The lowest BCUT2D eigenvalue weighted by atomic mass is 10.0. The van der Waals surface area contributed by atoms with E-state index in [1.54, 1.807) is 0 Å². The number of nitrogens with zero attached hydrogens (tertiary/aromatic N) is 1. The van der Waals surface area contributed by atoms with Crippen molar-refractivity contribution in [3.8, 4) is 0 Å². The minimum absolute atomic E-state index is 0.219. The zero-order chi connectivity index (χ0) is 26.0. The second-order valence-electron chi connectivity index (χ2n) is 9.80. The normalized spacial score (nSPS) is 21.9. The van der Waals surface area contributed by atoms with Crippen molar-refractivity contribution in [3.05, 3.63) is 33.1 Å². The Kier molecular flexibility index (Phi) is 15.9. The van der Waals surface area contributed by atoms with Crippen LogP contribution in [0.25, 0.3) is 0 Å². The third-order valence-corrected chi connectivity index (χ3v) is 6.80. The molecule has 1 aliphatic rings. The Morgan fingerprint density at radius 2 is 1.47 bits per heavy atom. The van der Waals surface area contributed by atoms with Gasteiger partial charge in [-0.3, -0.25) is 14.3 Å². The number of hydrogen-bond donors (Lipinski definition) is 3. The van der Waals surface area contributed by atoms with Crippen LogP contribution in [0.5, 0.6) is 0 Å². The highest BCUT2D eigenvalue weighted by molar-refractivity contribution is 4.94. The molecule has 0 bridgehead atoms. The highest BCUT2D eigenvalue weighted by Crippen LogP contribution is 2.30. The number of aromatic amines is 1. The van der Waals surface area contributed by atoms with Gasteiger partial charge in [0.15, 0.2) is 6.23 Å². The molecule has 0 saturated carbocycles. The van der Waals surface area contributed by atoms with Crippen molar-refractivity contribution in [2.45, 2.75) is 121 Å². The van der Waals surface area contributed by atoms with E-state index in [9.17, 15) is 19.8 Å². The third kappa shape index (κ3) is 11.3. The van der Waals surface area contributed by atoms with E-state index in [0.717, 1.165) is 17.4 Å². The number of ether oxygens (including phenoxy) is 3. The molecule has 208 valence electrons. The highest BCUT2D eigenvalue weighted by atomic mass is 16.6. The van der Waals surface area contributed by atoms with E-state index in [-0.39, 0.29) is 6.61 Å². The van der Waals surface area contributed by atoms with E-state index in [1.807, 2.05) is 0 Å². The first-order valence-corrected chi connectivity index (χ1v) is 14.0. The molecule has 1 fully saturated rings. The highest BCUT2D eigenvalue weighted by Gasteiger charge is 2.45. The van der Waals surface area contributed by atoms with E-state index in [0.29, 0.717) is 13.2 Å². The van der Waals surface area contributed by atoms with E-state index < -0.39 is 42.4 Å². The molecule has 1 aromatic rings. The molecule has 3 N–H and O–H groups in total. The minimum atomic E-state index is -1.11. The van der Waals surface area contributed by atoms with Gasteiger partial charge in [0, 0.05) is 18.9 Å². The van der Waals surface area contributed by atoms with E-state index in [1.165, 1.54) is 89.3 Å². The summed E-state index contributed by atoms with van der Waals surface area (Å²) in [4.78, 5) is 25.6. The van der Waals surface area contributed by atoms with Crippen molar-refractivity contribution >= 4 is 0 Å². The SMILES string of the molecule is CCCCCCCCCCCCCCCCOCCO[C@@H]1[C@H](O)[C@@H](CO)O[C@H]1n1ccc(=O)[nH]c1=O. The van der Waals surface area contributed by atoms with Crippen LogP contribution >= 0.6 is 0 Å². The molecule has 4 atom stereocenters. The number of hydrogen-bond acceptors (Lipinski definition) is 7. The Bertz CT molecular complexity index is 797. The first-order chi connectivity index (χ1) is 17.6. The van der Waals surface area contributed by atoms with Gasteiger partial charge in [-0.25, -0.2) is 4.79 Å². The van der Waals surface area contributed by atoms with Gasteiger partial charge in [0.2, 0.25) is 0 Å². The van der Waals surface area contributed by atoms with E-state index in [4.69, 9.17) is 14.2 Å². The smallest absolute Gasteiger partial charge is 0.330 e. The molecular formula is C27H48N2O7. The molecule has 0 spiro atoms. The summed E-state index contributed by atoms with van der Waals surface area (Å²) in [5.74, 6) is 0. The van der Waals surface area contributed by atoms with Crippen molar-refractivity contribution in [1.82, 2.24) is 9.55 Å². The number of unbranched alkanes of at least 4 members (excludes halogenated alkanes) is 13. The fourth-order valence-electron chi connectivity index (χ4n) is 4.64. The summed E-state index contributed by atoms with van der Waals surface area (Å²) in [6, 6.07) is 1.19. The van der Waals surface area contributed by atoms with Crippen LogP contribution in [0, 0.1) is 0 Å². The van der Waals surface area contributed by atoms with Crippen molar-refractivity contribution in [3.63, 3.8) is 0 Å². The molecule has 1 aromatic heterocycles. The van der Waals surface area contributed by atoms with Crippen LogP contribution in [0.3, 0.4) is 0 Å². The molecular weight excluding hydrogens is 464 g/mol. The fraction of sp³-hybridized carbons (Fsp3) is 0.852. The second-order valence-corrected chi connectivity index (χ2v) is 9.80. The predicted molar refractivity (Wildman–Crippen MR) is 139 cm³/mol. The van der Waals surface area contributed by atoms with Gasteiger partial charge < -0.3 is 24.4 Å². The summed E-state index contributed by atoms with van der Waals surface area (Å²) in [6.07, 6.45) is 15.9. The number of rotatable bonds is 21. The predicted octanol–water partition coefficient (Wildman–Crippen LogP) is 3.67. The maximum absolute atomic E-state index is 12.1. The lowest BCUT2D eigenvalue weighted by Gasteiger charge is -2.22. The number of aliphatic hydroxyl groups is 2. The molecule has 0 unspecified atom stereocenters. The monoisotopic (exact) mass is 512 g/mol. The van der Waals surface area contributed by atoms with Gasteiger partial charge in [-0.05, 0) is 6.42 Å². The zero-order valence-electron chi connectivity index (χ0n) is 22.1. The van der Waals surface area contributed by atoms with E-state index >= 15 is 0 Å². The Morgan fingerprint density at radius 3 is 2.03 bits per heavy atom. The summed E-state index contributed by atoms with van der Waals surface area (Å²) < 4.78 is 18.2. The molecule has 2 heterocycles. The number of nitrogens with one attached hydrogen (secondary N) is 1. The van der Waals surface area contributed by atoms with Gasteiger partial charge in [-0.15, -0.1) is 0 Å². The van der Waals surface area contributed by atoms with Gasteiger partial charge in [0.1, 0.15) is 18.3 Å². The summed E-state index contributed by atoms with van der Waals surface area (Å²) in [7, 11) is 0. The minimum Gasteiger partial charge on any atom is -0.394 e. The average molecular weight is 513 g/mol. The van der Waals surface area contributed by atoms with Crippen molar-refractivity contribution in [1.29, 1.82) is 0 Å².